The third-order valence-electron chi connectivity index (χ3n) is 6.98. The lowest BCUT2D eigenvalue weighted by atomic mass is 9.92. The SMILES string of the molecule is Cc1ccccc1C1CCc2cc(O[C@H]3CC[C@H](NC(=O)CCn4cccn4)CC3)ccc2O1. The van der Waals surface area contributed by atoms with Gasteiger partial charge in [-0.05, 0) is 86.4 Å². The predicted octanol–water partition coefficient (Wildman–Crippen LogP) is 5.15. The summed E-state index contributed by atoms with van der Waals surface area (Å²) < 4.78 is 14.4. The van der Waals surface area contributed by atoms with Gasteiger partial charge in [0.05, 0.1) is 6.10 Å². The highest BCUT2D eigenvalue weighted by molar-refractivity contribution is 5.76. The lowest BCUT2D eigenvalue weighted by Crippen LogP contribution is -2.40. The normalized spacial score (nSPS) is 21.9. The summed E-state index contributed by atoms with van der Waals surface area (Å²) in [5.41, 5.74) is 3.78. The summed E-state index contributed by atoms with van der Waals surface area (Å²) in [6, 6.07) is 16.8. The molecule has 1 atom stereocenters. The monoisotopic (exact) mass is 459 g/mol. The molecule has 3 aromatic rings. The standard InChI is InChI=1S/C28H33N3O3/c1-20-5-2-3-6-25(20)27-13-7-21-19-24(12-14-26(21)34-27)33-23-10-8-22(9-11-23)30-28(32)15-18-31-17-4-16-29-31/h2-6,12,14,16-17,19,22-23,27H,7-11,13,15,18H2,1H3,(H,30,32)/t22-,23-,27?. The highest BCUT2D eigenvalue weighted by Gasteiger charge is 2.26. The van der Waals surface area contributed by atoms with E-state index >= 15 is 0 Å². The minimum absolute atomic E-state index is 0.0959. The molecule has 2 aliphatic rings. The number of aryl methyl sites for hydroxylation is 3. The number of hydrogen-bond donors (Lipinski definition) is 1. The molecule has 0 saturated heterocycles. The molecule has 0 radical (unpaired) electrons. The Kier molecular flexibility index (Phi) is 6.84. The second kappa shape index (κ2) is 10.3. The van der Waals surface area contributed by atoms with Gasteiger partial charge in [0.15, 0.2) is 0 Å². The maximum absolute atomic E-state index is 12.3. The number of ether oxygens (including phenoxy) is 2. The van der Waals surface area contributed by atoms with Crippen molar-refractivity contribution in [3.8, 4) is 11.5 Å². The third kappa shape index (κ3) is 5.44. The highest BCUT2D eigenvalue weighted by Crippen LogP contribution is 2.38. The van der Waals surface area contributed by atoms with Crippen LogP contribution in [0.4, 0.5) is 0 Å². The van der Waals surface area contributed by atoms with Crippen molar-refractivity contribution in [3.05, 3.63) is 77.6 Å². The molecular formula is C28H33N3O3. The van der Waals surface area contributed by atoms with Crippen molar-refractivity contribution in [2.45, 2.75) is 76.7 Å². The number of carbonyl (C=O) groups is 1. The molecule has 1 fully saturated rings. The summed E-state index contributed by atoms with van der Waals surface area (Å²) in [6.45, 7) is 2.76. The van der Waals surface area contributed by atoms with E-state index in [-0.39, 0.29) is 24.2 Å². The fraction of sp³-hybridized carbons (Fsp3) is 0.429. The minimum Gasteiger partial charge on any atom is -0.490 e. The van der Waals surface area contributed by atoms with Gasteiger partial charge in [0, 0.05) is 31.4 Å². The molecule has 1 aliphatic carbocycles. The Labute approximate surface area is 201 Å². The Morgan fingerprint density at radius 2 is 1.97 bits per heavy atom. The van der Waals surface area contributed by atoms with Crippen molar-refractivity contribution in [1.29, 1.82) is 0 Å². The second-order valence-corrected chi connectivity index (χ2v) is 9.45. The van der Waals surface area contributed by atoms with E-state index in [1.165, 1.54) is 16.7 Å². The van der Waals surface area contributed by atoms with E-state index in [4.69, 9.17) is 9.47 Å². The Morgan fingerprint density at radius 3 is 2.76 bits per heavy atom. The molecule has 0 spiro atoms. The molecule has 1 N–H and O–H groups in total. The highest BCUT2D eigenvalue weighted by atomic mass is 16.5. The summed E-state index contributed by atoms with van der Waals surface area (Å²) in [4.78, 5) is 12.3. The number of rotatable bonds is 7. The molecule has 2 aromatic carbocycles. The average molecular weight is 460 g/mol. The van der Waals surface area contributed by atoms with Crippen LogP contribution < -0.4 is 14.8 Å². The Hall–Kier alpha value is -3.28. The first-order valence-corrected chi connectivity index (χ1v) is 12.4. The van der Waals surface area contributed by atoms with Crippen LogP contribution in [0.3, 0.4) is 0 Å². The van der Waals surface area contributed by atoms with Gasteiger partial charge in [-0.15, -0.1) is 0 Å². The molecule has 1 unspecified atom stereocenters. The van der Waals surface area contributed by atoms with Crippen LogP contribution in [0, 0.1) is 6.92 Å². The van der Waals surface area contributed by atoms with Crippen molar-refractivity contribution in [3.63, 3.8) is 0 Å². The molecular weight excluding hydrogens is 426 g/mol. The molecule has 178 valence electrons. The number of nitrogens with one attached hydrogen (secondary N) is 1. The molecule has 6 nitrogen and oxygen atoms in total. The van der Waals surface area contributed by atoms with Gasteiger partial charge in [0.2, 0.25) is 5.91 Å². The van der Waals surface area contributed by atoms with Gasteiger partial charge in [-0.3, -0.25) is 9.48 Å². The zero-order valence-electron chi connectivity index (χ0n) is 19.8. The summed E-state index contributed by atoms with van der Waals surface area (Å²) in [5, 5.41) is 7.32. The van der Waals surface area contributed by atoms with Crippen molar-refractivity contribution < 1.29 is 14.3 Å². The molecule has 1 aliphatic heterocycles. The number of amides is 1. The number of aromatic nitrogens is 2. The third-order valence-corrected chi connectivity index (χ3v) is 6.98. The first-order valence-electron chi connectivity index (χ1n) is 12.4. The van der Waals surface area contributed by atoms with Crippen molar-refractivity contribution in [1.82, 2.24) is 15.1 Å². The quantitative estimate of drug-likeness (QED) is 0.530. The molecule has 1 aromatic heterocycles. The summed E-state index contributed by atoms with van der Waals surface area (Å²) in [6.07, 6.45) is 10.1. The Balaban J connectivity index is 1.09. The molecule has 2 heterocycles. The number of fused-ring (bicyclic) bond motifs is 1. The van der Waals surface area contributed by atoms with Gasteiger partial charge >= 0.3 is 0 Å². The van der Waals surface area contributed by atoms with E-state index < -0.39 is 0 Å². The van der Waals surface area contributed by atoms with Crippen LogP contribution in [-0.4, -0.2) is 27.8 Å². The summed E-state index contributed by atoms with van der Waals surface area (Å²) in [7, 11) is 0. The van der Waals surface area contributed by atoms with Crippen molar-refractivity contribution >= 4 is 5.91 Å². The van der Waals surface area contributed by atoms with Crippen LogP contribution in [-0.2, 0) is 17.8 Å². The van der Waals surface area contributed by atoms with E-state index in [1.807, 2.05) is 18.3 Å². The van der Waals surface area contributed by atoms with E-state index in [1.54, 1.807) is 10.9 Å². The smallest absolute Gasteiger partial charge is 0.222 e. The van der Waals surface area contributed by atoms with Crippen LogP contribution >= 0.6 is 0 Å². The molecule has 1 saturated carbocycles. The van der Waals surface area contributed by atoms with Crippen LogP contribution in [0.2, 0.25) is 0 Å². The maximum Gasteiger partial charge on any atom is 0.222 e. The number of nitrogens with zero attached hydrogens (tertiary/aromatic N) is 2. The fourth-order valence-electron chi connectivity index (χ4n) is 5.07. The van der Waals surface area contributed by atoms with Crippen molar-refractivity contribution in [2.75, 3.05) is 0 Å². The molecule has 0 bridgehead atoms. The zero-order valence-corrected chi connectivity index (χ0v) is 19.8. The van der Waals surface area contributed by atoms with E-state index in [9.17, 15) is 4.79 Å². The van der Waals surface area contributed by atoms with E-state index in [0.29, 0.717) is 13.0 Å². The van der Waals surface area contributed by atoms with Crippen LogP contribution in [0.5, 0.6) is 11.5 Å². The summed E-state index contributed by atoms with van der Waals surface area (Å²) in [5.74, 6) is 1.98. The molecule has 6 heteroatoms. The first-order chi connectivity index (χ1) is 16.6. The van der Waals surface area contributed by atoms with Crippen molar-refractivity contribution in [2.24, 2.45) is 0 Å². The Morgan fingerprint density at radius 1 is 1.12 bits per heavy atom. The van der Waals surface area contributed by atoms with E-state index in [2.05, 4.69) is 53.7 Å². The molecule has 1 amide bonds. The van der Waals surface area contributed by atoms with Crippen LogP contribution in [0.15, 0.2) is 60.9 Å². The van der Waals surface area contributed by atoms with Gasteiger partial charge < -0.3 is 14.8 Å². The van der Waals surface area contributed by atoms with E-state index in [0.717, 1.165) is 50.0 Å². The van der Waals surface area contributed by atoms with Crippen LogP contribution in [0.25, 0.3) is 0 Å². The van der Waals surface area contributed by atoms with Gasteiger partial charge in [0.1, 0.15) is 17.6 Å². The maximum atomic E-state index is 12.3. The molecule has 34 heavy (non-hydrogen) atoms. The average Bonchev–Trinajstić information content (AvgIpc) is 3.38. The fourth-order valence-corrected chi connectivity index (χ4v) is 5.07. The van der Waals surface area contributed by atoms with Gasteiger partial charge in [-0.2, -0.15) is 5.10 Å². The number of carbonyl (C=O) groups excluding carboxylic acids is 1. The van der Waals surface area contributed by atoms with Gasteiger partial charge in [-0.1, -0.05) is 24.3 Å². The largest absolute Gasteiger partial charge is 0.490 e. The van der Waals surface area contributed by atoms with Gasteiger partial charge in [0.25, 0.3) is 0 Å². The Bertz CT molecular complexity index is 1100. The lowest BCUT2D eigenvalue weighted by Gasteiger charge is -2.31. The second-order valence-electron chi connectivity index (χ2n) is 9.45. The predicted molar refractivity (Wildman–Crippen MR) is 131 cm³/mol. The summed E-state index contributed by atoms with van der Waals surface area (Å²) >= 11 is 0. The number of benzene rings is 2. The minimum atomic E-state index is 0.0959. The van der Waals surface area contributed by atoms with Crippen LogP contribution in [0.1, 0.15) is 61.3 Å². The lowest BCUT2D eigenvalue weighted by molar-refractivity contribution is -0.122. The zero-order chi connectivity index (χ0) is 23.3. The first kappa shape index (κ1) is 22.5. The van der Waals surface area contributed by atoms with Gasteiger partial charge in [-0.25, -0.2) is 0 Å². The molecule has 5 rings (SSSR count). The number of hydrogen-bond acceptors (Lipinski definition) is 4. The topological polar surface area (TPSA) is 65.4 Å².